The van der Waals surface area contributed by atoms with E-state index in [1.165, 1.54) is 0 Å². The molecule has 0 unspecified atom stereocenters. The molecule has 4 aromatic rings. The molecular weight excluding hydrogens is 621 g/mol. The van der Waals surface area contributed by atoms with Crippen molar-refractivity contribution in [2.24, 2.45) is 12.5 Å². The highest BCUT2D eigenvalue weighted by Crippen LogP contribution is 2.41. The minimum atomic E-state index is -0.481. The van der Waals surface area contributed by atoms with Crippen LogP contribution in [0.3, 0.4) is 0 Å². The summed E-state index contributed by atoms with van der Waals surface area (Å²) in [6.07, 6.45) is 0.819. The molecule has 0 radical (unpaired) electrons. The van der Waals surface area contributed by atoms with E-state index in [2.05, 4.69) is 25.1 Å². The fourth-order valence-electron chi connectivity index (χ4n) is 7.17. The zero-order valence-electron chi connectivity index (χ0n) is 26.9. The third-order valence-corrected chi connectivity index (χ3v) is 10.0. The van der Waals surface area contributed by atoms with Crippen molar-refractivity contribution in [2.75, 3.05) is 52.2 Å². The largest absolute Gasteiger partial charge is 0.481 e. The van der Waals surface area contributed by atoms with Crippen molar-refractivity contribution in [3.63, 3.8) is 0 Å². The third-order valence-electron chi connectivity index (χ3n) is 9.60. The molecule has 0 aliphatic carbocycles. The monoisotopic (exact) mass is 657 g/mol. The lowest BCUT2D eigenvalue weighted by molar-refractivity contribution is -0.157. The van der Waals surface area contributed by atoms with Gasteiger partial charge in [0.15, 0.2) is 5.82 Å². The predicted molar refractivity (Wildman–Crippen MR) is 178 cm³/mol. The molecule has 1 spiro atoms. The van der Waals surface area contributed by atoms with E-state index in [9.17, 15) is 9.59 Å². The van der Waals surface area contributed by atoms with Crippen molar-refractivity contribution < 1.29 is 18.7 Å². The Morgan fingerprint density at radius 1 is 1.00 bits per heavy atom. The Hall–Kier alpha value is -4.32. The van der Waals surface area contributed by atoms with E-state index in [4.69, 9.17) is 16.3 Å². The van der Waals surface area contributed by atoms with E-state index in [-0.39, 0.29) is 27.8 Å². The molecule has 0 saturated carbocycles. The Bertz CT molecular complexity index is 1900. The second-order valence-electron chi connectivity index (χ2n) is 13.0. The topological polar surface area (TPSA) is 95.8 Å². The Morgan fingerprint density at radius 3 is 2.47 bits per heavy atom. The van der Waals surface area contributed by atoms with Gasteiger partial charge >= 0.3 is 0 Å². The van der Waals surface area contributed by atoms with Gasteiger partial charge in [-0.3, -0.25) is 14.5 Å². The number of carbonyl (C=O) groups is 2. The second-order valence-corrected chi connectivity index (χ2v) is 13.4. The van der Waals surface area contributed by atoms with Gasteiger partial charge in [0.1, 0.15) is 5.82 Å². The number of aromatic nitrogens is 3. The smallest absolute Gasteiger partial charge is 0.291 e. The minimum Gasteiger partial charge on any atom is -0.481 e. The molecule has 7 rings (SSSR count). The van der Waals surface area contributed by atoms with Crippen LogP contribution >= 0.6 is 11.6 Å². The van der Waals surface area contributed by atoms with Crippen LogP contribution in [0.2, 0.25) is 5.02 Å². The molecule has 3 aliphatic heterocycles. The number of hydrogen-bond acceptors (Lipinski definition) is 7. The number of amides is 2. The van der Waals surface area contributed by atoms with Crippen LogP contribution < -0.4 is 10.1 Å². The van der Waals surface area contributed by atoms with Crippen LogP contribution in [-0.2, 0) is 31.4 Å². The average Bonchev–Trinajstić information content (AvgIpc) is 3.34. The van der Waals surface area contributed by atoms with Crippen molar-refractivity contribution in [3.05, 3.63) is 82.1 Å². The number of likely N-dealkylation sites (tertiary alicyclic amines) is 2. The molecule has 47 heavy (non-hydrogen) atoms. The number of ether oxygens (including phenoxy) is 1. The Labute approximate surface area is 278 Å². The summed E-state index contributed by atoms with van der Waals surface area (Å²) < 4.78 is 23.7. The van der Waals surface area contributed by atoms with E-state index < -0.39 is 5.82 Å². The van der Waals surface area contributed by atoms with Crippen molar-refractivity contribution in [1.82, 2.24) is 29.2 Å². The highest BCUT2D eigenvalue weighted by atomic mass is 35.5. The maximum atomic E-state index is 16.2. The number of imidazole rings is 1. The highest BCUT2D eigenvalue weighted by Gasteiger charge is 2.52. The summed E-state index contributed by atoms with van der Waals surface area (Å²) in [7, 11) is 5.44. The normalized spacial score (nSPS) is 17.2. The number of pyridine rings is 1. The number of anilines is 1. The van der Waals surface area contributed by atoms with Crippen molar-refractivity contribution in [1.29, 1.82) is 0 Å². The first kappa shape index (κ1) is 31.3. The number of halogens is 2. The Kier molecular flexibility index (Phi) is 8.02. The van der Waals surface area contributed by atoms with Gasteiger partial charge in [-0.15, -0.1) is 0 Å². The Balaban J connectivity index is 1.09. The lowest BCUT2D eigenvalue weighted by Crippen LogP contribution is -2.72. The number of nitrogens with zero attached hydrogens (tertiary/aromatic N) is 6. The molecule has 0 atom stereocenters. The lowest BCUT2D eigenvalue weighted by atomic mass is 9.72. The van der Waals surface area contributed by atoms with Gasteiger partial charge in [0.25, 0.3) is 5.91 Å². The van der Waals surface area contributed by atoms with Gasteiger partial charge in [0.05, 0.1) is 29.2 Å². The summed E-state index contributed by atoms with van der Waals surface area (Å²) in [4.78, 5) is 40.6. The fraction of sp³-hybridized carbons (Fsp3) is 0.371. The summed E-state index contributed by atoms with van der Waals surface area (Å²) in [5.41, 5.74) is 4.90. The number of methoxy groups -OCH3 is 1. The average molecular weight is 658 g/mol. The molecule has 3 aliphatic rings. The number of rotatable bonds is 7. The van der Waals surface area contributed by atoms with Gasteiger partial charge in [-0.05, 0) is 25.2 Å². The van der Waals surface area contributed by atoms with Crippen molar-refractivity contribution in [3.8, 4) is 28.3 Å². The van der Waals surface area contributed by atoms with Crippen LogP contribution in [0.5, 0.6) is 5.88 Å². The van der Waals surface area contributed by atoms with Gasteiger partial charge in [-0.25, -0.2) is 14.4 Å². The molecule has 2 saturated heterocycles. The molecule has 2 aromatic heterocycles. The second kappa shape index (κ2) is 12.0. The summed E-state index contributed by atoms with van der Waals surface area (Å²) >= 11 is 6.82. The summed E-state index contributed by atoms with van der Waals surface area (Å²) in [6, 6.07) is 14.0. The number of carbonyl (C=O) groups excluding carboxylic acids is 2. The minimum absolute atomic E-state index is 0.125. The standard InChI is InChI=1S/C35H37ClFN7O3/c1-21(45)44-19-35(20-44)17-43(18-35)15-22-11-12-26(40-34(22)47-4)25-9-5-8-24(31(25)37)23-7-6-10-27(30(23)36)39-33(46)32-38-28-16-41(2)14-13-29(28)42(32)3/h5-12H,13-20H2,1-4H3,(H,39,46). The van der Waals surface area contributed by atoms with Gasteiger partial charge in [0.2, 0.25) is 11.8 Å². The lowest BCUT2D eigenvalue weighted by Gasteiger charge is -2.60. The predicted octanol–water partition coefficient (Wildman–Crippen LogP) is 4.85. The van der Waals surface area contributed by atoms with Crippen LogP contribution in [0.25, 0.3) is 22.4 Å². The van der Waals surface area contributed by atoms with Gasteiger partial charge in [-0.2, -0.15) is 0 Å². The molecule has 2 amide bonds. The van der Waals surface area contributed by atoms with Crippen LogP contribution in [-0.4, -0.2) is 87.9 Å². The molecule has 0 bridgehead atoms. The van der Waals surface area contributed by atoms with E-state index in [0.717, 1.165) is 56.1 Å². The van der Waals surface area contributed by atoms with Crippen molar-refractivity contribution in [2.45, 2.75) is 26.4 Å². The molecule has 10 nitrogen and oxygen atoms in total. The SMILES string of the molecule is COc1nc(-c2cccc(-c3cccc(NC(=O)c4nc5c(n4C)CCN(C)C5)c3Cl)c2F)ccc1CN1CC2(C1)CN(C(C)=O)C2. The number of likely N-dealkylation sites (N-methyl/N-ethyl adjacent to an activating group) is 1. The summed E-state index contributed by atoms with van der Waals surface area (Å²) in [5.74, 6) is 0.0109. The first-order valence-electron chi connectivity index (χ1n) is 15.7. The zero-order chi connectivity index (χ0) is 33.0. The summed E-state index contributed by atoms with van der Waals surface area (Å²) in [5, 5.41) is 3.11. The van der Waals surface area contributed by atoms with Gasteiger partial charge in [0, 0.05) is 99.6 Å². The van der Waals surface area contributed by atoms with E-state index in [1.54, 1.807) is 56.5 Å². The van der Waals surface area contributed by atoms with E-state index >= 15 is 4.39 Å². The molecule has 5 heterocycles. The highest BCUT2D eigenvalue weighted by molar-refractivity contribution is 6.36. The van der Waals surface area contributed by atoms with Crippen LogP contribution in [0.1, 0.15) is 34.5 Å². The molecule has 2 aromatic carbocycles. The number of nitrogens with one attached hydrogen (secondary N) is 1. The van der Waals surface area contributed by atoms with E-state index in [0.29, 0.717) is 47.3 Å². The first-order valence-corrected chi connectivity index (χ1v) is 16.1. The number of hydrogen-bond donors (Lipinski definition) is 1. The van der Waals surface area contributed by atoms with Crippen molar-refractivity contribution >= 4 is 29.1 Å². The van der Waals surface area contributed by atoms with Crippen LogP contribution in [0.4, 0.5) is 10.1 Å². The molecule has 244 valence electrons. The Morgan fingerprint density at radius 2 is 1.72 bits per heavy atom. The quantitative estimate of drug-likeness (QED) is 0.304. The molecule has 12 heteroatoms. The summed E-state index contributed by atoms with van der Waals surface area (Å²) in [6.45, 7) is 7.32. The maximum Gasteiger partial charge on any atom is 0.291 e. The third kappa shape index (κ3) is 5.66. The fourth-order valence-corrected chi connectivity index (χ4v) is 7.45. The molecule has 1 N–H and O–H groups in total. The molecule has 2 fully saturated rings. The van der Waals surface area contributed by atoms with Crippen LogP contribution in [0.15, 0.2) is 48.5 Å². The van der Waals surface area contributed by atoms with E-state index in [1.807, 2.05) is 29.6 Å². The number of benzene rings is 2. The van der Waals surface area contributed by atoms with Crippen LogP contribution in [0, 0.1) is 11.2 Å². The first-order chi connectivity index (χ1) is 22.6. The molecular formula is C35H37ClFN7O3. The number of fused-ring (bicyclic) bond motifs is 1. The zero-order valence-corrected chi connectivity index (χ0v) is 27.7. The maximum absolute atomic E-state index is 16.2. The van der Waals surface area contributed by atoms with Gasteiger partial charge < -0.3 is 24.4 Å². The van der Waals surface area contributed by atoms with Gasteiger partial charge in [-0.1, -0.05) is 41.9 Å².